The van der Waals surface area contributed by atoms with E-state index in [4.69, 9.17) is 0 Å². The summed E-state index contributed by atoms with van der Waals surface area (Å²) in [7, 11) is 0. The van der Waals surface area contributed by atoms with E-state index in [-0.39, 0.29) is 5.92 Å². The zero-order valence-electron chi connectivity index (χ0n) is 6.29. The number of halogens is 1. The van der Waals surface area contributed by atoms with Gasteiger partial charge in [0.15, 0.2) is 0 Å². The minimum atomic E-state index is 0.0995. The predicted molar refractivity (Wildman–Crippen MR) is 53.7 cm³/mol. The summed E-state index contributed by atoms with van der Waals surface area (Å²) in [6.45, 7) is 0. The average Bonchev–Trinajstić information content (AvgIpc) is 2.46. The van der Waals surface area contributed by atoms with Crippen molar-refractivity contribution in [2.75, 3.05) is 5.75 Å². The third-order valence-corrected chi connectivity index (χ3v) is 3.66. The standard InChI is InChI=1S/C9H7BrOS/c10-7-1-2-9-8(3-7)6(4-11)5-12-9/h1-4,6H,5H2. The topological polar surface area (TPSA) is 17.1 Å². The van der Waals surface area contributed by atoms with Crippen molar-refractivity contribution in [3.8, 4) is 0 Å². The van der Waals surface area contributed by atoms with E-state index < -0.39 is 0 Å². The Morgan fingerprint density at radius 1 is 1.58 bits per heavy atom. The monoisotopic (exact) mass is 242 g/mol. The van der Waals surface area contributed by atoms with Crippen molar-refractivity contribution in [1.29, 1.82) is 0 Å². The molecule has 0 aromatic heterocycles. The summed E-state index contributed by atoms with van der Waals surface area (Å²) in [6, 6.07) is 6.11. The Labute approximate surface area is 83.7 Å². The summed E-state index contributed by atoms with van der Waals surface area (Å²) in [6.07, 6.45) is 1.03. The Balaban J connectivity index is 2.49. The number of rotatable bonds is 1. The maximum Gasteiger partial charge on any atom is 0.128 e. The molecule has 0 aliphatic carbocycles. The van der Waals surface area contributed by atoms with Crippen molar-refractivity contribution < 1.29 is 4.79 Å². The summed E-state index contributed by atoms with van der Waals surface area (Å²) in [5, 5.41) is 0. The molecule has 12 heavy (non-hydrogen) atoms. The van der Waals surface area contributed by atoms with Gasteiger partial charge < -0.3 is 4.79 Å². The second-order valence-electron chi connectivity index (χ2n) is 2.74. The number of fused-ring (bicyclic) bond motifs is 1. The molecule has 2 rings (SSSR count). The molecule has 0 saturated heterocycles. The molecule has 0 amide bonds. The van der Waals surface area contributed by atoms with Crippen LogP contribution in [0.3, 0.4) is 0 Å². The minimum absolute atomic E-state index is 0.0995. The van der Waals surface area contributed by atoms with Crippen LogP contribution >= 0.6 is 27.7 Å². The van der Waals surface area contributed by atoms with Gasteiger partial charge in [0, 0.05) is 15.1 Å². The van der Waals surface area contributed by atoms with Crippen LogP contribution in [0.5, 0.6) is 0 Å². The smallest absolute Gasteiger partial charge is 0.128 e. The fourth-order valence-electron chi connectivity index (χ4n) is 1.32. The lowest BCUT2D eigenvalue weighted by atomic mass is 10.0. The molecule has 0 bridgehead atoms. The van der Waals surface area contributed by atoms with Crippen LogP contribution in [-0.2, 0) is 4.79 Å². The zero-order chi connectivity index (χ0) is 8.55. The van der Waals surface area contributed by atoms with Crippen molar-refractivity contribution in [2.45, 2.75) is 10.8 Å². The molecule has 0 radical (unpaired) electrons. The van der Waals surface area contributed by atoms with Crippen LogP contribution in [0.4, 0.5) is 0 Å². The van der Waals surface area contributed by atoms with Gasteiger partial charge in [-0.2, -0.15) is 0 Å². The first-order valence-corrected chi connectivity index (χ1v) is 5.46. The Morgan fingerprint density at radius 3 is 3.17 bits per heavy atom. The zero-order valence-corrected chi connectivity index (χ0v) is 8.69. The van der Waals surface area contributed by atoms with Crippen LogP contribution in [0.25, 0.3) is 0 Å². The first-order chi connectivity index (χ1) is 5.81. The highest BCUT2D eigenvalue weighted by atomic mass is 79.9. The Morgan fingerprint density at radius 2 is 2.42 bits per heavy atom. The van der Waals surface area contributed by atoms with Crippen molar-refractivity contribution in [3.05, 3.63) is 28.2 Å². The van der Waals surface area contributed by atoms with Crippen LogP contribution in [-0.4, -0.2) is 12.0 Å². The lowest BCUT2D eigenvalue weighted by Crippen LogP contribution is -1.96. The highest BCUT2D eigenvalue weighted by Gasteiger charge is 2.22. The van der Waals surface area contributed by atoms with E-state index in [0.29, 0.717) is 0 Å². The van der Waals surface area contributed by atoms with Gasteiger partial charge in [0.2, 0.25) is 0 Å². The van der Waals surface area contributed by atoms with Crippen LogP contribution in [0, 0.1) is 0 Å². The van der Waals surface area contributed by atoms with E-state index in [1.54, 1.807) is 11.8 Å². The minimum Gasteiger partial charge on any atom is -0.303 e. The maximum absolute atomic E-state index is 10.7. The maximum atomic E-state index is 10.7. The third-order valence-electron chi connectivity index (χ3n) is 1.95. The quantitative estimate of drug-likeness (QED) is 0.705. The summed E-state index contributed by atoms with van der Waals surface area (Å²) < 4.78 is 1.05. The molecular formula is C9H7BrOS. The van der Waals surface area contributed by atoms with Gasteiger partial charge in [-0.05, 0) is 23.8 Å². The van der Waals surface area contributed by atoms with Crippen molar-refractivity contribution in [3.63, 3.8) is 0 Å². The number of benzene rings is 1. The van der Waals surface area contributed by atoms with E-state index in [2.05, 4.69) is 22.0 Å². The molecule has 1 heterocycles. The van der Waals surface area contributed by atoms with Crippen molar-refractivity contribution in [1.82, 2.24) is 0 Å². The summed E-state index contributed by atoms with van der Waals surface area (Å²) in [4.78, 5) is 11.9. The van der Waals surface area contributed by atoms with Gasteiger partial charge in [-0.1, -0.05) is 15.9 Å². The average molecular weight is 243 g/mol. The van der Waals surface area contributed by atoms with Gasteiger partial charge in [0.1, 0.15) is 6.29 Å². The van der Waals surface area contributed by atoms with E-state index in [0.717, 1.165) is 16.5 Å². The third kappa shape index (κ3) is 1.31. The largest absolute Gasteiger partial charge is 0.303 e. The highest BCUT2D eigenvalue weighted by Crippen LogP contribution is 2.39. The number of carbonyl (C=O) groups excluding carboxylic acids is 1. The van der Waals surface area contributed by atoms with Gasteiger partial charge in [-0.15, -0.1) is 11.8 Å². The lowest BCUT2D eigenvalue weighted by molar-refractivity contribution is -0.108. The molecule has 62 valence electrons. The van der Waals surface area contributed by atoms with Crippen molar-refractivity contribution >= 4 is 34.0 Å². The molecule has 1 aromatic carbocycles. The summed E-state index contributed by atoms with van der Waals surface area (Å²) in [5.74, 6) is 0.998. The van der Waals surface area contributed by atoms with Gasteiger partial charge in [0.25, 0.3) is 0 Å². The van der Waals surface area contributed by atoms with E-state index in [9.17, 15) is 4.79 Å². The molecule has 1 unspecified atom stereocenters. The molecule has 0 saturated carbocycles. The molecule has 1 nitrogen and oxygen atoms in total. The van der Waals surface area contributed by atoms with E-state index in [1.807, 2.05) is 12.1 Å². The Kier molecular flexibility index (Phi) is 2.24. The molecule has 3 heteroatoms. The molecule has 0 N–H and O–H groups in total. The first-order valence-electron chi connectivity index (χ1n) is 3.69. The molecular weight excluding hydrogens is 236 g/mol. The van der Waals surface area contributed by atoms with Crippen LogP contribution in [0.2, 0.25) is 0 Å². The number of thioether (sulfide) groups is 1. The van der Waals surface area contributed by atoms with Crippen LogP contribution in [0.15, 0.2) is 27.6 Å². The van der Waals surface area contributed by atoms with Crippen LogP contribution < -0.4 is 0 Å². The lowest BCUT2D eigenvalue weighted by Gasteiger charge is -2.01. The Bertz CT molecular complexity index is 324. The van der Waals surface area contributed by atoms with E-state index >= 15 is 0 Å². The van der Waals surface area contributed by atoms with Crippen molar-refractivity contribution in [2.24, 2.45) is 0 Å². The predicted octanol–water partition coefficient (Wildman–Crippen LogP) is 2.84. The highest BCUT2D eigenvalue weighted by molar-refractivity contribution is 9.10. The second kappa shape index (κ2) is 3.23. The first kappa shape index (κ1) is 8.32. The summed E-state index contributed by atoms with van der Waals surface area (Å²) in [5.41, 5.74) is 1.17. The SMILES string of the molecule is O=CC1CSc2ccc(Br)cc21. The van der Waals surface area contributed by atoms with E-state index in [1.165, 1.54) is 10.5 Å². The van der Waals surface area contributed by atoms with Gasteiger partial charge >= 0.3 is 0 Å². The Hall–Kier alpha value is -0.280. The fraction of sp³-hybridized carbons (Fsp3) is 0.222. The second-order valence-corrected chi connectivity index (χ2v) is 4.71. The number of aldehydes is 1. The molecule has 0 spiro atoms. The number of carbonyl (C=O) groups is 1. The van der Waals surface area contributed by atoms with Gasteiger partial charge in [0.05, 0.1) is 5.92 Å². The molecule has 0 fully saturated rings. The molecule has 1 aliphatic heterocycles. The van der Waals surface area contributed by atoms with Gasteiger partial charge in [-0.25, -0.2) is 0 Å². The van der Waals surface area contributed by atoms with Gasteiger partial charge in [-0.3, -0.25) is 0 Å². The molecule has 1 aromatic rings. The molecule has 1 aliphatic rings. The summed E-state index contributed by atoms with van der Waals surface area (Å²) >= 11 is 5.15. The number of hydrogen-bond donors (Lipinski definition) is 0. The fourth-order valence-corrected chi connectivity index (χ4v) is 2.86. The normalized spacial score (nSPS) is 20.6. The molecule has 1 atom stereocenters. The number of hydrogen-bond acceptors (Lipinski definition) is 2. The van der Waals surface area contributed by atoms with Crippen LogP contribution in [0.1, 0.15) is 11.5 Å².